The second kappa shape index (κ2) is 8.68. The van der Waals surface area contributed by atoms with E-state index in [-0.39, 0.29) is 0 Å². The summed E-state index contributed by atoms with van der Waals surface area (Å²) in [5.74, 6) is 3.19. The van der Waals surface area contributed by atoms with E-state index in [1.54, 1.807) is 5.56 Å². The lowest BCUT2D eigenvalue weighted by molar-refractivity contribution is 0.348. The van der Waals surface area contributed by atoms with Gasteiger partial charge >= 0.3 is 0 Å². The van der Waals surface area contributed by atoms with Crippen LogP contribution in [0, 0.1) is 11.8 Å². The van der Waals surface area contributed by atoms with Gasteiger partial charge in [-0.05, 0) is 91.4 Å². The number of rotatable bonds is 4. The molecule has 0 unspecified atom stereocenters. The Balaban J connectivity index is 1.39. The Morgan fingerprint density at radius 1 is 0.643 bits per heavy atom. The highest BCUT2D eigenvalue weighted by atomic mass is 14.3. The molecule has 0 amide bonds. The standard InChI is InChI=1S/C28H36/c1-20(2)22-8-10-24(11-9-22)26-16-18-28(19-17-26)27-14-12-25(13-15-27)23-6-4-21(3)5-7-23/h12-19,21-24H,1,4-11H2,2-3H3. The fourth-order valence-corrected chi connectivity index (χ4v) is 5.41. The van der Waals surface area contributed by atoms with E-state index in [1.165, 1.54) is 73.6 Å². The van der Waals surface area contributed by atoms with Crippen molar-refractivity contribution in [2.45, 2.75) is 77.0 Å². The number of hydrogen-bond donors (Lipinski definition) is 0. The molecule has 28 heavy (non-hydrogen) atoms. The fraction of sp³-hybridized carbons (Fsp3) is 0.500. The third kappa shape index (κ3) is 4.43. The predicted octanol–water partition coefficient (Wildman–Crippen LogP) is 8.50. The van der Waals surface area contributed by atoms with E-state index in [9.17, 15) is 0 Å². The molecule has 4 rings (SSSR count). The van der Waals surface area contributed by atoms with E-state index in [2.05, 4.69) is 69.0 Å². The normalized spacial score (nSPS) is 28.1. The molecule has 2 aliphatic rings. The lowest BCUT2D eigenvalue weighted by Crippen LogP contribution is -2.13. The van der Waals surface area contributed by atoms with E-state index in [0.717, 1.165) is 23.7 Å². The summed E-state index contributed by atoms with van der Waals surface area (Å²) in [7, 11) is 0. The topological polar surface area (TPSA) is 0 Å². The average Bonchev–Trinajstić information content (AvgIpc) is 2.75. The van der Waals surface area contributed by atoms with Crippen LogP contribution in [0.5, 0.6) is 0 Å². The molecule has 2 saturated carbocycles. The van der Waals surface area contributed by atoms with Gasteiger partial charge in [-0.1, -0.05) is 80.4 Å². The summed E-state index contributed by atoms with van der Waals surface area (Å²) in [6.07, 6.45) is 10.7. The smallest absolute Gasteiger partial charge is 0.0162 e. The Hall–Kier alpha value is -1.82. The van der Waals surface area contributed by atoms with E-state index >= 15 is 0 Å². The lowest BCUT2D eigenvalue weighted by atomic mass is 9.76. The van der Waals surface area contributed by atoms with Crippen LogP contribution in [0.25, 0.3) is 11.1 Å². The molecular weight excluding hydrogens is 336 g/mol. The molecule has 0 spiro atoms. The van der Waals surface area contributed by atoms with Crippen LogP contribution in [-0.2, 0) is 0 Å². The van der Waals surface area contributed by atoms with Gasteiger partial charge < -0.3 is 0 Å². The van der Waals surface area contributed by atoms with Gasteiger partial charge in [0.1, 0.15) is 0 Å². The third-order valence-electron chi connectivity index (χ3n) is 7.54. The Morgan fingerprint density at radius 3 is 1.43 bits per heavy atom. The summed E-state index contributed by atoms with van der Waals surface area (Å²) < 4.78 is 0. The zero-order chi connectivity index (χ0) is 19.5. The van der Waals surface area contributed by atoms with Gasteiger partial charge in [-0.3, -0.25) is 0 Å². The first-order chi connectivity index (χ1) is 13.6. The highest BCUT2D eigenvalue weighted by Crippen LogP contribution is 2.39. The first-order valence-corrected chi connectivity index (χ1v) is 11.5. The molecule has 0 atom stereocenters. The molecule has 0 bridgehead atoms. The molecule has 0 saturated heterocycles. The van der Waals surface area contributed by atoms with E-state index in [0.29, 0.717) is 0 Å². The lowest BCUT2D eigenvalue weighted by Gasteiger charge is -2.29. The van der Waals surface area contributed by atoms with Crippen LogP contribution in [0.4, 0.5) is 0 Å². The average molecular weight is 373 g/mol. The molecule has 148 valence electrons. The molecule has 0 aromatic heterocycles. The molecule has 0 nitrogen and oxygen atoms in total. The third-order valence-corrected chi connectivity index (χ3v) is 7.54. The van der Waals surface area contributed by atoms with Crippen LogP contribution >= 0.6 is 0 Å². The van der Waals surface area contributed by atoms with Crippen molar-refractivity contribution in [1.82, 2.24) is 0 Å². The van der Waals surface area contributed by atoms with Crippen molar-refractivity contribution in [1.29, 1.82) is 0 Å². The van der Waals surface area contributed by atoms with Gasteiger partial charge in [-0.2, -0.15) is 0 Å². The van der Waals surface area contributed by atoms with Gasteiger partial charge in [0.05, 0.1) is 0 Å². The first-order valence-electron chi connectivity index (χ1n) is 11.5. The van der Waals surface area contributed by atoms with Gasteiger partial charge in [0.15, 0.2) is 0 Å². The van der Waals surface area contributed by atoms with Gasteiger partial charge in [0.25, 0.3) is 0 Å². The second-order valence-electron chi connectivity index (χ2n) is 9.60. The molecule has 2 aromatic rings. The van der Waals surface area contributed by atoms with Crippen molar-refractivity contribution in [3.05, 3.63) is 71.8 Å². The van der Waals surface area contributed by atoms with Gasteiger partial charge in [-0.15, -0.1) is 0 Å². The van der Waals surface area contributed by atoms with Crippen molar-refractivity contribution in [3.8, 4) is 11.1 Å². The number of allylic oxidation sites excluding steroid dienone is 1. The van der Waals surface area contributed by atoms with Crippen LogP contribution in [0.1, 0.15) is 88.2 Å². The summed E-state index contributed by atoms with van der Waals surface area (Å²) >= 11 is 0. The van der Waals surface area contributed by atoms with Gasteiger partial charge in [-0.25, -0.2) is 0 Å². The molecule has 2 aliphatic carbocycles. The quantitative estimate of drug-likeness (QED) is 0.472. The second-order valence-corrected chi connectivity index (χ2v) is 9.60. The summed E-state index contributed by atoms with van der Waals surface area (Å²) in [4.78, 5) is 0. The van der Waals surface area contributed by atoms with Crippen molar-refractivity contribution in [2.24, 2.45) is 11.8 Å². The van der Waals surface area contributed by atoms with Crippen LogP contribution < -0.4 is 0 Å². The van der Waals surface area contributed by atoms with Crippen LogP contribution in [0.2, 0.25) is 0 Å². The molecule has 0 heteroatoms. The minimum Gasteiger partial charge on any atom is -0.0999 e. The van der Waals surface area contributed by atoms with E-state index in [1.807, 2.05) is 0 Å². The Kier molecular flexibility index (Phi) is 6.04. The van der Waals surface area contributed by atoms with Gasteiger partial charge in [0.2, 0.25) is 0 Å². The van der Waals surface area contributed by atoms with Crippen molar-refractivity contribution < 1.29 is 0 Å². The minimum absolute atomic E-state index is 0.737. The van der Waals surface area contributed by atoms with E-state index < -0.39 is 0 Å². The SMILES string of the molecule is C=C(C)C1CCC(c2ccc(-c3ccc(C4CCC(C)CC4)cc3)cc2)CC1. The fourth-order valence-electron chi connectivity index (χ4n) is 5.41. The maximum atomic E-state index is 4.16. The van der Waals surface area contributed by atoms with Crippen LogP contribution in [-0.4, -0.2) is 0 Å². The summed E-state index contributed by atoms with van der Waals surface area (Å²) in [5.41, 5.74) is 7.15. The summed E-state index contributed by atoms with van der Waals surface area (Å²) in [6, 6.07) is 18.8. The predicted molar refractivity (Wildman–Crippen MR) is 122 cm³/mol. The summed E-state index contributed by atoms with van der Waals surface area (Å²) in [5, 5.41) is 0. The molecule has 0 aliphatic heterocycles. The Morgan fingerprint density at radius 2 is 1.04 bits per heavy atom. The monoisotopic (exact) mass is 372 g/mol. The zero-order valence-electron chi connectivity index (χ0n) is 17.8. The first kappa shape index (κ1) is 19.5. The van der Waals surface area contributed by atoms with Gasteiger partial charge in [0, 0.05) is 0 Å². The largest absolute Gasteiger partial charge is 0.0999 e. The molecule has 2 fully saturated rings. The van der Waals surface area contributed by atoms with Crippen LogP contribution in [0.15, 0.2) is 60.7 Å². The number of benzene rings is 2. The molecular formula is C28H36. The molecule has 0 N–H and O–H groups in total. The van der Waals surface area contributed by atoms with Crippen molar-refractivity contribution in [2.75, 3.05) is 0 Å². The van der Waals surface area contributed by atoms with Crippen molar-refractivity contribution >= 4 is 0 Å². The highest BCUT2D eigenvalue weighted by Gasteiger charge is 2.23. The highest BCUT2D eigenvalue weighted by molar-refractivity contribution is 5.64. The van der Waals surface area contributed by atoms with E-state index in [4.69, 9.17) is 0 Å². The Bertz CT molecular complexity index is 764. The molecule has 0 heterocycles. The summed E-state index contributed by atoms with van der Waals surface area (Å²) in [6.45, 7) is 8.75. The minimum atomic E-state index is 0.737. The maximum absolute atomic E-state index is 4.16. The molecule has 0 radical (unpaired) electrons. The molecule has 2 aromatic carbocycles. The van der Waals surface area contributed by atoms with Crippen LogP contribution in [0.3, 0.4) is 0 Å². The number of hydrogen-bond acceptors (Lipinski definition) is 0. The zero-order valence-corrected chi connectivity index (χ0v) is 17.8. The Labute approximate surface area is 172 Å². The van der Waals surface area contributed by atoms with Crippen molar-refractivity contribution in [3.63, 3.8) is 0 Å². The maximum Gasteiger partial charge on any atom is -0.0162 e.